The molecule has 4 nitrogen and oxygen atoms in total. The van der Waals surface area contributed by atoms with E-state index in [4.69, 9.17) is 4.74 Å². The predicted octanol–water partition coefficient (Wildman–Crippen LogP) is 4.35. The second-order valence-electron chi connectivity index (χ2n) is 8.26. The van der Waals surface area contributed by atoms with Gasteiger partial charge in [0.15, 0.2) is 0 Å². The maximum Gasteiger partial charge on any atom is 0.120 e. The van der Waals surface area contributed by atoms with Crippen LogP contribution in [0.1, 0.15) is 26.3 Å². The van der Waals surface area contributed by atoms with Crippen LogP contribution in [0.15, 0.2) is 54.7 Å². The van der Waals surface area contributed by atoms with Crippen LogP contribution in [-0.2, 0) is 13.2 Å². The van der Waals surface area contributed by atoms with E-state index in [-0.39, 0.29) is 5.54 Å². The Balaban J connectivity index is 1.40. The number of hydrogen-bond acceptors (Lipinski definition) is 3. The second-order valence-corrected chi connectivity index (χ2v) is 8.26. The van der Waals surface area contributed by atoms with Crippen molar-refractivity contribution < 1.29 is 4.74 Å². The molecule has 0 radical (unpaired) electrons. The minimum Gasteiger partial charge on any atom is -0.489 e. The largest absolute Gasteiger partial charge is 0.489 e. The number of hydrogen-bond donors (Lipinski definition) is 0. The maximum absolute atomic E-state index is 5.93. The van der Waals surface area contributed by atoms with Gasteiger partial charge in [0, 0.05) is 36.5 Å². The fourth-order valence-electron chi connectivity index (χ4n) is 3.52. The molecule has 1 saturated heterocycles. The van der Waals surface area contributed by atoms with Crippen molar-refractivity contribution in [2.45, 2.75) is 39.5 Å². The van der Waals surface area contributed by atoms with E-state index in [1.54, 1.807) is 0 Å². The summed E-state index contributed by atoms with van der Waals surface area (Å²) >= 11 is 0. The first kappa shape index (κ1) is 17.1. The third-order valence-electron chi connectivity index (χ3n) is 5.20. The summed E-state index contributed by atoms with van der Waals surface area (Å²) in [6, 6.07) is 16.5. The summed E-state index contributed by atoms with van der Waals surface area (Å²) in [6.45, 7) is 10.7. The van der Waals surface area contributed by atoms with Gasteiger partial charge in [-0.05, 0) is 44.5 Å². The van der Waals surface area contributed by atoms with Crippen LogP contribution in [0, 0.1) is 5.92 Å². The molecule has 4 heteroatoms. The van der Waals surface area contributed by atoms with E-state index < -0.39 is 0 Å². The van der Waals surface area contributed by atoms with Gasteiger partial charge in [-0.2, -0.15) is 5.10 Å². The summed E-state index contributed by atoms with van der Waals surface area (Å²) < 4.78 is 8.07. The first-order valence-corrected chi connectivity index (χ1v) is 9.36. The van der Waals surface area contributed by atoms with Gasteiger partial charge in [0.1, 0.15) is 12.4 Å². The molecule has 0 N–H and O–H groups in total. The van der Waals surface area contributed by atoms with Crippen molar-refractivity contribution in [3.05, 3.63) is 60.3 Å². The fraction of sp³-hybridized carbons (Fsp3) is 0.409. The molecule has 0 saturated carbocycles. The van der Waals surface area contributed by atoms with E-state index in [0.29, 0.717) is 12.5 Å². The number of benzene rings is 2. The van der Waals surface area contributed by atoms with Crippen molar-refractivity contribution in [1.29, 1.82) is 0 Å². The zero-order valence-corrected chi connectivity index (χ0v) is 15.9. The van der Waals surface area contributed by atoms with Crippen LogP contribution in [-0.4, -0.2) is 33.3 Å². The molecule has 3 aromatic rings. The summed E-state index contributed by atoms with van der Waals surface area (Å²) in [4.78, 5) is 2.53. The lowest BCUT2D eigenvalue weighted by Gasteiger charge is -2.47. The lowest BCUT2D eigenvalue weighted by molar-refractivity contribution is 0.00594. The molecular weight excluding hydrogens is 322 g/mol. The average Bonchev–Trinajstić information content (AvgIpc) is 2.98. The fourth-order valence-corrected chi connectivity index (χ4v) is 3.52. The van der Waals surface area contributed by atoms with E-state index >= 15 is 0 Å². The number of likely N-dealkylation sites (tertiary alicyclic amines) is 1. The van der Waals surface area contributed by atoms with Crippen molar-refractivity contribution in [3.8, 4) is 5.75 Å². The molecule has 1 aliphatic rings. The van der Waals surface area contributed by atoms with Crippen LogP contribution in [0.4, 0.5) is 0 Å². The Bertz CT molecular complexity index is 873. The van der Waals surface area contributed by atoms with Gasteiger partial charge in [0.05, 0.1) is 11.7 Å². The van der Waals surface area contributed by atoms with Gasteiger partial charge in [-0.3, -0.25) is 9.58 Å². The lowest BCUT2D eigenvalue weighted by atomic mass is 9.92. The molecule has 4 rings (SSSR count). The highest BCUT2D eigenvalue weighted by molar-refractivity contribution is 5.80. The Labute approximate surface area is 155 Å². The zero-order valence-electron chi connectivity index (χ0n) is 15.9. The third-order valence-corrected chi connectivity index (χ3v) is 5.20. The molecule has 2 heterocycles. The summed E-state index contributed by atoms with van der Waals surface area (Å²) in [5, 5.41) is 5.75. The maximum atomic E-state index is 5.93. The van der Waals surface area contributed by atoms with Gasteiger partial charge in [0.2, 0.25) is 0 Å². The highest BCUT2D eigenvalue weighted by atomic mass is 16.5. The number of ether oxygens (including phenoxy) is 1. The zero-order chi connectivity index (χ0) is 18.1. The molecule has 1 fully saturated rings. The van der Waals surface area contributed by atoms with E-state index in [9.17, 15) is 0 Å². The normalized spacial score (nSPS) is 16.0. The number of fused-ring (bicyclic) bond motifs is 1. The molecule has 0 bridgehead atoms. The summed E-state index contributed by atoms with van der Waals surface area (Å²) in [5.74, 6) is 1.58. The van der Waals surface area contributed by atoms with Gasteiger partial charge in [-0.25, -0.2) is 0 Å². The SMILES string of the molecule is CC(C)(C)N1CC(Cn2ncc3cc(OCc4ccccc4)ccc32)C1. The summed E-state index contributed by atoms with van der Waals surface area (Å²) in [7, 11) is 0. The first-order chi connectivity index (χ1) is 12.5. The Morgan fingerprint density at radius 2 is 1.85 bits per heavy atom. The molecule has 0 unspecified atom stereocenters. The molecule has 0 atom stereocenters. The van der Waals surface area contributed by atoms with Crippen LogP contribution < -0.4 is 4.74 Å². The Morgan fingerprint density at radius 3 is 2.58 bits per heavy atom. The molecule has 1 aromatic heterocycles. The van der Waals surface area contributed by atoms with E-state index in [0.717, 1.165) is 30.8 Å². The number of aromatic nitrogens is 2. The van der Waals surface area contributed by atoms with Crippen LogP contribution in [0.2, 0.25) is 0 Å². The van der Waals surface area contributed by atoms with Crippen LogP contribution >= 0.6 is 0 Å². The van der Waals surface area contributed by atoms with E-state index in [2.05, 4.69) is 59.7 Å². The number of rotatable bonds is 5. The molecular formula is C22H27N3O. The minimum atomic E-state index is 0.272. The monoisotopic (exact) mass is 349 g/mol. The smallest absolute Gasteiger partial charge is 0.120 e. The Morgan fingerprint density at radius 1 is 1.08 bits per heavy atom. The van der Waals surface area contributed by atoms with Crippen LogP contribution in [0.5, 0.6) is 5.75 Å². The van der Waals surface area contributed by atoms with Crippen molar-refractivity contribution in [2.24, 2.45) is 5.92 Å². The Kier molecular flexibility index (Phi) is 4.45. The third kappa shape index (κ3) is 3.61. The van der Waals surface area contributed by atoms with Crippen LogP contribution in [0.25, 0.3) is 10.9 Å². The topological polar surface area (TPSA) is 30.3 Å². The summed E-state index contributed by atoms with van der Waals surface area (Å²) in [5.41, 5.74) is 2.64. The molecule has 0 spiro atoms. The highest BCUT2D eigenvalue weighted by Gasteiger charge is 2.34. The van der Waals surface area contributed by atoms with E-state index in [1.165, 1.54) is 11.1 Å². The minimum absolute atomic E-state index is 0.272. The van der Waals surface area contributed by atoms with Crippen molar-refractivity contribution in [2.75, 3.05) is 13.1 Å². The highest BCUT2D eigenvalue weighted by Crippen LogP contribution is 2.28. The Hall–Kier alpha value is -2.33. The quantitative estimate of drug-likeness (QED) is 0.686. The first-order valence-electron chi connectivity index (χ1n) is 9.36. The van der Waals surface area contributed by atoms with Gasteiger partial charge in [-0.15, -0.1) is 0 Å². The van der Waals surface area contributed by atoms with Crippen molar-refractivity contribution >= 4 is 10.9 Å². The van der Waals surface area contributed by atoms with Gasteiger partial charge in [0.25, 0.3) is 0 Å². The number of nitrogens with zero attached hydrogens (tertiary/aromatic N) is 3. The van der Waals surface area contributed by atoms with Gasteiger partial charge >= 0.3 is 0 Å². The summed E-state index contributed by atoms with van der Waals surface area (Å²) in [6.07, 6.45) is 1.95. The molecule has 26 heavy (non-hydrogen) atoms. The van der Waals surface area contributed by atoms with Gasteiger partial charge < -0.3 is 4.74 Å². The lowest BCUT2D eigenvalue weighted by Crippen LogP contribution is -2.56. The van der Waals surface area contributed by atoms with Gasteiger partial charge in [-0.1, -0.05) is 30.3 Å². The molecule has 2 aromatic carbocycles. The van der Waals surface area contributed by atoms with Crippen LogP contribution in [0.3, 0.4) is 0 Å². The molecule has 0 amide bonds. The van der Waals surface area contributed by atoms with E-state index in [1.807, 2.05) is 30.5 Å². The molecule has 136 valence electrons. The average molecular weight is 349 g/mol. The molecule has 0 aliphatic carbocycles. The second kappa shape index (κ2) is 6.76. The van der Waals surface area contributed by atoms with Crippen molar-refractivity contribution in [3.63, 3.8) is 0 Å². The standard InChI is InChI=1S/C22H27N3O/c1-22(2,3)24-13-18(14-24)15-25-21-10-9-20(11-19(21)12-23-25)26-16-17-7-5-4-6-8-17/h4-12,18H,13-16H2,1-3H3. The predicted molar refractivity (Wildman–Crippen MR) is 105 cm³/mol. The van der Waals surface area contributed by atoms with Crippen molar-refractivity contribution in [1.82, 2.24) is 14.7 Å². The molecule has 1 aliphatic heterocycles.